The lowest BCUT2D eigenvalue weighted by molar-refractivity contribution is -0.0350. The van der Waals surface area contributed by atoms with Gasteiger partial charge in [-0.3, -0.25) is 0 Å². The predicted molar refractivity (Wildman–Crippen MR) is 44.3 cm³/mol. The second kappa shape index (κ2) is 3.05. The summed E-state index contributed by atoms with van der Waals surface area (Å²) in [5.74, 6) is 0.219. The third kappa shape index (κ3) is 1.81. The van der Waals surface area contributed by atoms with Crippen LogP contribution in [-0.4, -0.2) is 22.0 Å². The van der Waals surface area contributed by atoms with E-state index in [9.17, 15) is 18.3 Å². The molecular weight excluding hydrogens is 201 g/mol. The maximum Gasteiger partial charge on any atom is 0.442 e. The highest BCUT2D eigenvalue weighted by Gasteiger charge is 2.51. The third-order valence-electron chi connectivity index (χ3n) is 3.07. The Balaban J connectivity index is 2.00. The van der Waals surface area contributed by atoms with E-state index in [1.54, 1.807) is 0 Å². The van der Waals surface area contributed by atoms with Crippen LogP contribution in [0.3, 0.4) is 0 Å². The Kier molecular flexibility index (Phi) is 2.27. The summed E-state index contributed by atoms with van der Waals surface area (Å²) in [4.78, 5) is 0. The summed E-state index contributed by atoms with van der Waals surface area (Å²) in [5.41, 5.74) is -4.20. The zero-order valence-electron chi connectivity index (χ0n) is 6.92. The Hall–Kier alpha value is 0.100. The fraction of sp³-hybridized carbons (Fsp3) is 1.00. The van der Waals surface area contributed by atoms with Crippen LogP contribution in [-0.2, 0) is 0 Å². The van der Waals surface area contributed by atoms with Crippen molar-refractivity contribution in [2.45, 2.75) is 36.1 Å². The molecule has 2 rings (SSSR count). The monoisotopic (exact) mass is 212 g/mol. The van der Waals surface area contributed by atoms with Gasteiger partial charge in [-0.25, -0.2) is 0 Å². The Morgan fingerprint density at radius 2 is 1.77 bits per heavy atom. The summed E-state index contributed by atoms with van der Waals surface area (Å²) in [7, 11) is 0. The van der Waals surface area contributed by atoms with Crippen LogP contribution < -0.4 is 0 Å². The van der Waals surface area contributed by atoms with Gasteiger partial charge in [-0.15, -0.1) is 0 Å². The van der Waals surface area contributed by atoms with Crippen molar-refractivity contribution >= 4 is 11.8 Å². The first kappa shape index (κ1) is 9.65. The number of hydrogen-bond donors (Lipinski definition) is 1. The molecule has 1 nitrogen and oxygen atoms in total. The molecular formula is C8H11F3OS. The average molecular weight is 212 g/mol. The summed E-state index contributed by atoms with van der Waals surface area (Å²) in [5, 5.41) is 8.92. The average Bonchev–Trinajstić information content (AvgIpc) is 2.51. The van der Waals surface area contributed by atoms with Crippen LogP contribution in [0.25, 0.3) is 0 Å². The molecule has 0 saturated heterocycles. The highest BCUT2D eigenvalue weighted by atomic mass is 32.2. The first-order valence-electron chi connectivity index (χ1n) is 4.40. The van der Waals surface area contributed by atoms with Gasteiger partial charge in [0.05, 0.1) is 6.10 Å². The highest BCUT2D eigenvalue weighted by molar-refractivity contribution is 8.00. The van der Waals surface area contributed by atoms with E-state index in [1.165, 1.54) is 0 Å². The van der Waals surface area contributed by atoms with Crippen LogP contribution >= 0.6 is 11.8 Å². The van der Waals surface area contributed by atoms with Crippen molar-refractivity contribution in [3.63, 3.8) is 0 Å². The van der Waals surface area contributed by atoms with E-state index >= 15 is 0 Å². The molecule has 76 valence electrons. The zero-order valence-corrected chi connectivity index (χ0v) is 7.74. The fourth-order valence-corrected chi connectivity index (χ4v) is 3.64. The maximum atomic E-state index is 12.1. The van der Waals surface area contributed by atoms with E-state index in [4.69, 9.17) is 0 Å². The van der Waals surface area contributed by atoms with Crippen LogP contribution in [0.5, 0.6) is 0 Å². The van der Waals surface area contributed by atoms with Gasteiger partial charge in [0.2, 0.25) is 0 Å². The number of fused-ring (bicyclic) bond motifs is 2. The Bertz CT molecular complexity index is 204. The number of aliphatic hydroxyl groups is 1. The van der Waals surface area contributed by atoms with Crippen LogP contribution in [0, 0.1) is 11.8 Å². The first-order valence-corrected chi connectivity index (χ1v) is 5.28. The van der Waals surface area contributed by atoms with Crippen LogP contribution in [0.15, 0.2) is 0 Å². The minimum atomic E-state index is -4.20. The molecule has 5 heteroatoms. The number of thioether (sulfide) groups is 1. The second-order valence-corrected chi connectivity index (χ2v) is 5.09. The standard InChI is InChI=1S/C8H11F3OS/c9-8(10,11)13-7-5-2-1-4(3-5)6(7)12/h4-7,12H,1-3H2. The number of rotatable bonds is 1. The smallest absolute Gasteiger partial charge is 0.392 e. The molecule has 2 aliphatic carbocycles. The van der Waals surface area contributed by atoms with Crippen molar-refractivity contribution in [2.75, 3.05) is 0 Å². The molecule has 0 aromatic carbocycles. The van der Waals surface area contributed by atoms with Crippen LogP contribution in [0.4, 0.5) is 13.2 Å². The quantitative estimate of drug-likeness (QED) is 0.720. The van der Waals surface area contributed by atoms with Gasteiger partial charge in [-0.2, -0.15) is 13.2 Å². The molecule has 0 radical (unpaired) electrons. The molecule has 0 aromatic heterocycles. The van der Waals surface area contributed by atoms with Crippen LogP contribution in [0.2, 0.25) is 0 Å². The fourth-order valence-electron chi connectivity index (χ4n) is 2.53. The van der Waals surface area contributed by atoms with Gasteiger partial charge >= 0.3 is 5.51 Å². The van der Waals surface area contributed by atoms with E-state index in [2.05, 4.69) is 0 Å². The number of halogens is 3. The summed E-state index contributed by atoms with van der Waals surface area (Å²) < 4.78 is 36.2. The third-order valence-corrected chi connectivity index (χ3v) is 4.27. The maximum absolute atomic E-state index is 12.1. The molecule has 2 aliphatic rings. The van der Waals surface area contributed by atoms with E-state index in [0.29, 0.717) is 0 Å². The highest BCUT2D eigenvalue weighted by Crippen LogP contribution is 2.52. The summed E-state index contributed by atoms with van der Waals surface area (Å²) >= 11 is -0.0144. The summed E-state index contributed by atoms with van der Waals surface area (Å²) in [6, 6.07) is 0. The molecule has 0 aliphatic heterocycles. The van der Waals surface area contributed by atoms with Gasteiger partial charge in [0, 0.05) is 5.25 Å². The number of aliphatic hydroxyl groups excluding tert-OH is 1. The minimum absolute atomic E-state index is 0.0144. The largest absolute Gasteiger partial charge is 0.442 e. The normalized spacial score (nSPS) is 44.3. The molecule has 1 N–H and O–H groups in total. The Morgan fingerprint density at radius 3 is 2.23 bits per heavy atom. The van der Waals surface area contributed by atoms with Crippen LogP contribution in [0.1, 0.15) is 19.3 Å². The Morgan fingerprint density at radius 1 is 1.15 bits per heavy atom. The number of hydrogen-bond acceptors (Lipinski definition) is 2. The van der Waals surface area contributed by atoms with Gasteiger partial charge in [-0.05, 0) is 42.9 Å². The molecule has 0 spiro atoms. The molecule has 2 saturated carbocycles. The van der Waals surface area contributed by atoms with Gasteiger partial charge in [0.1, 0.15) is 0 Å². The van der Waals surface area contributed by atoms with E-state index < -0.39 is 16.9 Å². The molecule has 4 unspecified atom stereocenters. The zero-order chi connectivity index (χ0) is 9.64. The van der Waals surface area contributed by atoms with Crippen molar-refractivity contribution in [1.29, 1.82) is 0 Å². The first-order chi connectivity index (χ1) is 5.97. The topological polar surface area (TPSA) is 20.2 Å². The minimum Gasteiger partial charge on any atom is -0.392 e. The SMILES string of the molecule is OC1C2CCC(C2)C1SC(F)(F)F. The summed E-state index contributed by atoms with van der Waals surface area (Å²) in [6.45, 7) is 0. The summed E-state index contributed by atoms with van der Waals surface area (Å²) in [6.07, 6.45) is 1.82. The van der Waals surface area contributed by atoms with Crippen molar-refractivity contribution in [3.8, 4) is 0 Å². The second-order valence-electron chi connectivity index (χ2n) is 3.85. The molecule has 4 atom stereocenters. The molecule has 2 fully saturated rings. The Labute approximate surface area is 78.7 Å². The molecule has 0 aromatic rings. The lowest BCUT2D eigenvalue weighted by Crippen LogP contribution is -2.32. The molecule has 13 heavy (non-hydrogen) atoms. The molecule has 0 amide bonds. The predicted octanol–water partition coefficient (Wildman–Crippen LogP) is 2.40. The van der Waals surface area contributed by atoms with Crippen molar-refractivity contribution in [2.24, 2.45) is 11.8 Å². The van der Waals surface area contributed by atoms with Gasteiger partial charge in [0.25, 0.3) is 0 Å². The lowest BCUT2D eigenvalue weighted by Gasteiger charge is -2.26. The van der Waals surface area contributed by atoms with Crippen molar-refractivity contribution in [1.82, 2.24) is 0 Å². The van der Waals surface area contributed by atoms with Gasteiger partial charge < -0.3 is 5.11 Å². The van der Waals surface area contributed by atoms with E-state index in [1.807, 2.05) is 0 Å². The van der Waals surface area contributed by atoms with Crippen molar-refractivity contribution < 1.29 is 18.3 Å². The lowest BCUT2D eigenvalue weighted by atomic mass is 9.97. The van der Waals surface area contributed by atoms with E-state index in [-0.39, 0.29) is 23.6 Å². The molecule has 2 bridgehead atoms. The van der Waals surface area contributed by atoms with E-state index in [0.717, 1.165) is 19.3 Å². The van der Waals surface area contributed by atoms with Gasteiger partial charge in [-0.1, -0.05) is 0 Å². The number of alkyl halides is 3. The van der Waals surface area contributed by atoms with Gasteiger partial charge in [0.15, 0.2) is 0 Å². The van der Waals surface area contributed by atoms with Crippen molar-refractivity contribution in [3.05, 3.63) is 0 Å². The molecule has 0 heterocycles.